The lowest BCUT2D eigenvalue weighted by molar-refractivity contribution is -0.113. The van der Waals surface area contributed by atoms with Gasteiger partial charge in [-0.1, -0.05) is 18.2 Å². The van der Waals surface area contributed by atoms with Gasteiger partial charge in [-0.15, -0.1) is 11.8 Å². The number of para-hydroxylation sites is 1. The lowest BCUT2D eigenvalue weighted by Crippen LogP contribution is -2.23. The van der Waals surface area contributed by atoms with Crippen LogP contribution in [-0.4, -0.2) is 35.2 Å². The Morgan fingerprint density at radius 2 is 1.76 bits per heavy atom. The van der Waals surface area contributed by atoms with Crippen LogP contribution in [0.25, 0.3) is 5.69 Å². The number of aromatic nitrogens is 2. The zero-order valence-corrected chi connectivity index (χ0v) is 17.6. The minimum atomic E-state index is -0.263. The van der Waals surface area contributed by atoms with Gasteiger partial charge in [0.2, 0.25) is 5.91 Å². The van der Waals surface area contributed by atoms with E-state index in [1.807, 2.05) is 42.5 Å². The first-order valence-corrected chi connectivity index (χ1v) is 9.93. The van der Waals surface area contributed by atoms with Crippen molar-refractivity contribution in [2.24, 2.45) is 7.05 Å². The van der Waals surface area contributed by atoms with Crippen LogP contribution in [0.3, 0.4) is 0 Å². The molecular weight excluding hydrogens is 390 g/mol. The number of carbonyl (C=O) groups is 1. The number of methoxy groups -OCH3 is 2. The number of carbonyl (C=O) groups excluding carboxylic acids is 1. The number of nitrogens with zero attached hydrogens (tertiary/aromatic N) is 2. The third kappa shape index (κ3) is 4.32. The highest BCUT2D eigenvalue weighted by Gasteiger charge is 2.18. The third-order valence-electron chi connectivity index (χ3n) is 4.54. The van der Waals surface area contributed by atoms with E-state index in [9.17, 15) is 9.59 Å². The second-order valence-corrected chi connectivity index (χ2v) is 7.34. The molecule has 1 heterocycles. The number of ether oxygens (including phenoxy) is 2. The number of amides is 1. The average molecular weight is 413 g/mol. The first-order valence-electron chi connectivity index (χ1n) is 8.95. The fourth-order valence-corrected chi connectivity index (χ4v) is 3.67. The lowest BCUT2D eigenvalue weighted by Gasteiger charge is -2.09. The van der Waals surface area contributed by atoms with Gasteiger partial charge in [-0.2, -0.15) is 0 Å². The number of hydrogen-bond donors (Lipinski definition) is 1. The molecule has 3 aromatic rings. The summed E-state index contributed by atoms with van der Waals surface area (Å²) in [7, 11) is 4.93. The topological polar surface area (TPSA) is 74.5 Å². The van der Waals surface area contributed by atoms with E-state index < -0.39 is 0 Å². The molecule has 0 radical (unpaired) electrons. The molecule has 2 aromatic carbocycles. The lowest BCUT2D eigenvalue weighted by atomic mass is 10.3. The van der Waals surface area contributed by atoms with Gasteiger partial charge in [0, 0.05) is 11.9 Å². The molecule has 7 nitrogen and oxygen atoms in total. The normalized spacial score (nSPS) is 10.6. The Labute approximate surface area is 173 Å². The highest BCUT2D eigenvalue weighted by molar-refractivity contribution is 8.00. The molecule has 3 rings (SSSR count). The molecule has 0 aliphatic rings. The van der Waals surface area contributed by atoms with Crippen molar-refractivity contribution in [3.63, 3.8) is 0 Å². The van der Waals surface area contributed by atoms with Gasteiger partial charge >= 0.3 is 0 Å². The van der Waals surface area contributed by atoms with E-state index in [-0.39, 0.29) is 22.9 Å². The standard InChI is InChI=1S/C21H23N3O4S/c1-14-20(21(26)24(23(14)2)15-8-6-5-7-9-15)22-19(25)13-29-16-10-11-17(27-3)18(12-16)28-4/h5-12H,13H2,1-4H3,(H,22,25). The van der Waals surface area contributed by atoms with E-state index in [4.69, 9.17) is 9.47 Å². The third-order valence-corrected chi connectivity index (χ3v) is 5.54. The molecule has 0 unspecified atom stereocenters. The molecular formula is C21H23N3O4S. The summed E-state index contributed by atoms with van der Waals surface area (Å²) in [5.41, 5.74) is 1.45. The van der Waals surface area contributed by atoms with Gasteiger partial charge in [-0.25, -0.2) is 4.68 Å². The van der Waals surface area contributed by atoms with Crippen LogP contribution in [0.5, 0.6) is 11.5 Å². The Kier molecular flexibility index (Phi) is 6.33. The van der Waals surface area contributed by atoms with Gasteiger partial charge < -0.3 is 14.8 Å². The van der Waals surface area contributed by atoms with Crippen molar-refractivity contribution in [1.82, 2.24) is 9.36 Å². The number of thioether (sulfide) groups is 1. The number of nitrogens with one attached hydrogen (secondary N) is 1. The Balaban J connectivity index is 1.74. The van der Waals surface area contributed by atoms with Crippen LogP contribution in [-0.2, 0) is 11.8 Å². The van der Waals surface area contributed by atoms with Crippen LogP contribution in [0.2, 0.25) is 0 Å². The Hall–Kier alpha value is -3.13. The van der Waals surface area contributed by atoms with Gasteiger partial charge in [-0.05, 0) is 37.3 Å². The summed E-state index contributed by atoms with van der Waals surface area (Å²) in [6.45, 7) is 1.80. The number of rotatable bonds is 7. The van der Waals surface area contributed by atoms with Gasteiger partial charge in [0.15, 0.2) is 11.5 Å². The SMILES string of the molecule is COc1ccc(SCC(=O)Nc2c(C)n(C)n(-c3ccccc3)c2=O)cc1OC. The van der Waals surface area contributed by atoms with Crippen LogP contribution >= 0.6 is 11.8 Å². The maximum atomic E-state index is 12.9. The van der Waals surface area contributed by atoms with Crippen molar-refractivity contribution in [3.05, 3.63) is 64.6 Å². The van der Waals surface area contributed by atoms with Crippen LogP contribution in [0, 0.1) is 6.92 Å². The van der Waals surface area contributed by atoms with Gasteiger partial charge in [0.1, 0.15) is 5.69 Å². The molecule has 1 amide bonds. The van der Waals surface area contributed by atoms with Crippen molar-refractivity contribution in [2.45, 2.75) is 11.8 Å². The quantitative estimate of drug-likeness (QED) is 0.602. The minimum Gasteiger partial charge on any atom is -0.493 e. The van der Waals surface area contributed by atoms with Crippen LogP contribution in [0.15, 0.2) is 58.2 Å². The van der Waals surface area contributed by atoms with Crippen molar-refractivity contribution in [3.8, 4) is 17.2 Å². The van der Waals surface area contributed by atoms with E-state index in [0.717, 1.165) is 10.6 Å². The minimum absolute atomic E-state index is 0.161. The van der Waals surface area contributed by atoms with E-state index >= 15 is 0 Å². The number of anilines is 1. The number of benzene rings is 2. The fourth-order valence-electron chi connectivity index (χ4n) is 2.94. The molecule has 0 atom stereocenters. The zero-order valence-electron chi connectivity index (χ0n) is 16.8. The molecule has 0 bridgehead atoms. The van der Waals surface area contributed by atoms with E-state index in [2.05, 4.69) is 5.32 Å². The second-order valence-electron chi connectivity index (χ2n) is 6.29. The van der Waals surface area contributed by atoms with E-state index in [1.54, 1.807) is 38.9 Å². The number of hydrogen-bond acceptors (Lipinski definition) is 5. The van der Waals surface area contributed by atoms with Crippen molar-refractivity contribution in [1.29, 1.82) is 0 Å². The predicted octanol–water partition coefficient (Wildman–Crippen LogP) is 3.23. The predicted molar refractivity (Wildman–Crippen MR) is 115 cm³/mol. The summed E-state index contributed by atoms with van der Waals surface area (Å²) in [6.07, 6.45) is 0. The largest absolute Gasteiger partial charge is 0.493 e. The molecule has 8 heteroatoms. The van der Waals surface area contributed by atoms with Crippen LogP contribution in [0.4, 0.5) is 5.69 Å². The van der Waals surface area contributed by atoms with Crippen LogP contribution in [0.1, 0.15) is 5.69 Å². The Morgan fingerprint density at radius 3 is 2.41 bits per heavy atom. The van der Waals surface area contributed by atoms with Crippen molar-refractivity contribution in [2.75, 3.05) is 25.3 Å². The fraction of sp³-hybridized carbons (Fsp3) is 0.238. The molecule has 0 aliphatic heterocycles. The Bertz CT molecular complexity index is 1070. The zero-order chi connectivity index (χ0) is 21.0. The summed E-state index contributed by atoms with van der Waals surface area (Å²) in [5, 5.41) is 2.76. The van der Waals surface area contributed by atoms with Gasteiger partial charge in [0.25, 0.3) is 5.56 Å². The molecule has 1 aromatic heterocycles. The molecule has 0 spiro atoms. The molecule has 1 N–H and O–H groups in total. The summed E-state index contributed by atoms with van der Waals surface area (Å²) in [4.78, 5) is 26.2. The van der Waals surface area contributed by atoms with E-state index in [0.29, 0.717) is 17.2 Å². The first-order chi connectivity index (χ1) is 14.0. The molecule has 152 valence electrons. The molecule has 0 aliphatic carbocycles. The molecule has 0 saturated heterocycles. The summed E-state index contributed by atoms with van der Waals surface area (Å²) < 4.78 is 13.8. The average Bonchev–Trinajstić information content (AvgIpc) is 2.95. The maximum Gasteiger partial charge on any atom is 0.295 e. The van der Waals surface area contributed by atoms with E-state index in [1.165, 1.54) is 16.4 Å². The summed E-state index contributed by atoms with van der Waals surface area (Å²) in [6, 6.07) is 14.8. The highest BCUT2D eigenvalue weighted by Crippen LogP contribution is 2.31. The first kappa shape index (κ1) is 20.6. The van der Waals surface area contributed by atoms with Crippen molar-refractivity contribution >= 4 is 23.4 Å². The summed E-state index contributed by atoms with van der Waals surface area (Å²) >= 11 is 1.35. The van der Waals surface area contributed by atoms with Crippen molar-refractivity contribution < 1.29 is 14.3 Å². The van der Waals surface area contributed by atoms with Gasteiger partial charge in [0.05, 0.1) is 31.4 Å². The maximum absolute atomic E-state index is 12.9. The smallest absolute Gasteiger partial charge is 0.295 e. The second kappa shape index (κ2) is 8.91. The monoisotopic (exact) mass is 413 g/mol. The summed E-state index contributed by atoms with van der Waals surface area (Å²) in [5.74, 6) is 1.13. The molecule has 29 heavy (non-hydrogen) atoms. The molecule has 0 saturated carbocycles. The van der Waals surface area contributed by atoms with Gasteiger partial charge in [-0.3, -0.25) is 14.3 Å². The van der Waals surface area contributed by atoms with Crippen LogP contribution < -0.4 is 20.3 Å². The molecule has 0 fully saturated rings. The Morgan fingerprint density at radius 1 is 1.07 bits per heavy atom. The highest BCUT2D eigenvalue weighted by atomic mass is 32.2.